The highest BCUT2D eigenvalue weighted by Gasteiger charge is 2.33. The Kier molecular flexibility index (Phi) is 5.21. The number of rotatable bonds is 7. The highest BCUT2D eigenvalue weighted by atomic mass is 32.1. The molecule has 0 bridgehead atoms. The fraction of sp³-hybridized carbons (Fsp3) is 0.273. The minimum absolute atomic E-state index is 0.0904. The summed E-state index contributed by atoms with van der Waals surface area (Å²) < 4.78 is 5.77. The zero-order chi connectivity index (χ0) is 18.6. The number of para-hydroxylation sites is 1. The van der Waals surface area contributed by atoms with Gasteiger partial charge in [0.15, 0.2) is 0 Å². The molecule has 1 amide bonds. The maximum absolute atomic E-state index is 12.9. The van der Waals surface area contributed by atoms with E-state index in [1.165, 1.54) is 0 Å². The van der Waals surface area contributed by atoms with Crippen molar-refractivity contribution in [2.75, 3.05) is 0 Å². The predicted octanol–water partition coefficient (Wildman–Crippen LogP) is 4.84. The summed E-state index contributed by atoms with van der Waals surface area (Å²) in [6.45, 7) is 3.03. The quantitative estimate of drug-likeness (QED) is 0.591. The van der Waals surface area contributed by atoms with Crippen molar-refractivity contribution in [3.8, 4) is 5.75 Å². The van der Waals surface area contributed by atoms with E-state index in [-0.39, 0.29) is 5.91 Å². The van der Waals surface area contributed by atoms with E-state index >= 15 is 0 Å². The number of hydrogen-bond donors (Lipinski definition) is 0. The van der Waals surface area contributed by atoms with Gasteiger partial charge >= 0.3 is 0 Å². The van der Waals surface area contributed by atoms with E-state index in [0.717, 1.165) is 40.4 Å². The normalized spacial score (nSPS) is 13.4. The van der Waals surface area contributed by atoms with E-state index in [1.807, 2.05) is 71.8 Å². The maximum atomic E-state index is 12.9. The third-order valence-corrected chi connectivity index (χ3v) is 5.46. The first-order chi connectivity index (χ1) is 13.2. The largest absolute Gasteiger partial charge is 0.486 e. The molecule has 0 spiro atoms. The fourth-order valence-electron chi connectivity index (χ4n) is 2.94. The van der Waals surface area contributed by atoms with Gasteiger partial charge in [0.05, 0.1) is 12.2 Å². The number of thiazole rings is 1. The summed E-state index contributed by atoms with van der Waals surface area (Å²) in [6, 6.07) is 17.9. The molecule has 4 rings (SSSR count). The molecule has 0 saturated heterocycles. The summed E-state index contributed by atoms with van der Waals surface area (Å²) in [6.07, 6.45) is 2.15. The SMILES string of the molecule is Cc1ccc(C(=O)N(Cc2csc(COc3ccccc3)n2)C2CC2)cc1. The molecule has 1 saturated carbocycles. The molecule has 2 aromatic carbocycles. The molecular weight excluding hydrogens is 356 g/mol. The maximum Gasteiger partial charge on any atom is 0.254 e. The van der Waals surface area contributed by atoms with Crippen LogP contribution in [0.4, 0.5) is 0 Å². The van der Waals surface area contributed by atoms with E-state index in [2.05, 4.69) is 4.98 Å². The van der Waals surface area contributed by atoms with Gasteiger partial charge in [0.1, 0.15) is 17.4 Å². The van der Waals surface area contributed by atoms with Crippen molar-refractivity contribution in [2.45, 2.75) is 39.0 Å². The average molecular weight is 378 g/mol. The molecule has 0 unspecified atom stereocenters. The van der Waals surface area contributed by atoms with E-state index < -0.39 is 0 Å². The lowest BCUT2D eigenvalue weighted by Crippen LogP contribution is -2.32. The second-order valence-corrected chi connectivity index (χ2v) is 7.81. The van der Waals surface area contributed by atoms with Gasteiger partial charge in [-0.3, -0.25) is 4.79 Å². The van der Waals surface area contributed by atoms with Gasteiger partial charge in [0.2, 0.25) is 0 Å². The van der Waals surface area contributed by atoms with Gasteiger partial charge in [-0.2, -0.15) is 0 Å². The summed E-state index contributed by atoms with van der Waals surface area (Å²) in [5.74, 6) is 0.927. The Morgan fingerprint density at radius 2 is 1.89 bits per heavy atom. The van der Waals surface area contributed by atoms with Crippen LogP contribution in [0.2, 0.25) is 0 Å². The Morgan fingerprint density at radius 1 is 1.15 bits per heavy atom. The Hall–Kier alpha value is -2.66. The van der Waals surface area contributed by atoms with Crippen molar-refractivity contribution in [3.05, 3.63) is 81.8 Å². The molecule has 1 aromatic heterocycles. The number of ether oxygens (including phenoxy) is 1. The van der Waals surface area contributed by atoms with Gasteiger partial charge in [-0.1, -0.05) is 35.9 Å². The first-order valence-electron chi connectivity index (χ1n) is 9.18. The third-order valence-electron chi connectivity index (χ3n) is 4.58. The van der Waals surface area contributed by atoms with Gasteiger partial charge < -0.3 is 9.64 Å². The van der Waals surface area contributed by atoms with Crippen molar-refractivity contribution in [1.82, 2.24) is 9.88 Å². The molecule has 1 fully saturated rings. The molecule has 1 heterocycles. The molecule has 0 aliphatic heterocycles. The second-order valence-electron chi connectivity index (χ2n) is 6.86. The van der Waals surface area contributed by atoms with Gasteiger partial charge in [0, 0.05) is 17.0 Å². The van der Waals surface area contributed by atoms with Gasteiger partial charge in [-0.25, -0.2) is 4.98 Å². The predicted molar refractivity (Wildman–Crippen MR) is 107 cm³/mol. The summed E-state index contributed by atoms with van der Waals surface area (Å²) in [4.78, 5) is 19.6. The molecule has 4 nitrogen and oxygen atoms in total. The average Bonchev–Trinajstić information content (AvgIpc) is 3.44. The highest BCUT2D eigenvalue weighted by molar-refractivity contribution is 7.09. The monoisotopic (exact) mass is 378 g/mol. The van der Waals surface area contributed by atoms with Crippen molar-refractivity contribution < 1.29 is 9.53 Å². The van der Waals surface area contributed by atoms with E-state index in [1.54, 1.807) is 11.3 Å². The molecule has 138 valence electrons. The Bertz CT molecular complexity index is 902. The molecule has 0 atom stereocenters. The van der Waals surface area contributed by atoms with Crippen molar-refractivity contribution >= 4 is 17.2 Å². The van der Waals surface area contributed by atoms with Crippen LogP contribution in [0, 0.1) is 6.92 Å². The van der Waals surface area contributed by atoms with E-state index in [0.29, 0.717) is 19.2 Å². The fourth-order valence-corrected chi connectivity index (χ4v) is 3.64. The van der Waals surface area contributed by atoms with E-state index in [9.17, 15) is 4.79 Å². The third kappa shape index (κ3) is 4.55. The minimum atomic E-state index is 0.0904. The van der Waals surface area contributed by atoms with Crippen LogP contribution < -0.4 is 4.74 Å². The number of carbonyl (C=O) groups is 1. The van der Waals surface area contributed by atoms with Crippen molar-refractivity contribution in [3.63, 3.8) is 0 Å². The Balaban J connectivity index is 1.41. The standard InChI is InChI=1S/C22H22N2O2S/c1-16-7-9-17(10-8-16)22(25)24(19-11-12-19)13-18-15-27-21(23-18)14-26-20-5-3-2-4-6-20/h2-10,15,19H,11-14H2,1H3. The van der Waals surface area contributed by atoms with Crippen molar-refractivity contribution in [2.24, 2.45) is 0 Å². The first kappa shape index (κ1) is 17.7. The summed E-state index contributed by atoms with van der Waals surface area (Å²) in [5.41, 5.74) is 2.83. The summed E-state index contributed by atoms with van der Waals surface area (Å²) in [7, 11) is 0. The molecule has 0 N–H and O–H groups in total. The molecule has 0 radical (unpaired) electrons. The number of aromatic nitrogens is 1. The van der Waals surface area contributed by atoms with Crippen LogP contribution in [-0.4, -0.2) is 21.8 Å². The first-order valence-corrected chi connectivity index (χ1v) is 10.1. The highest BCUT2D eigenvalue weighted by Crippen LogP contribution is 2.30. The number of carbonyl (C=O) groups excluding carboxylic acids is 1. The van der Waals surface area contributed by atoms with Gasteiger partial charge in [0.25, 0.3) is 5.91 Å². The van der Waals surface area contributed by atoms with Crippen molar-refractivity contribution in [1.29, 1.82) is 0 Å². The lowest BCUT2D eigenvalue weighted by molar-refractivity contribution is 0.0728. The van der Waals surface area contributed by atoms with Crippen LogP contribution in [0.1, 0.15) is 39.5 Å². The Labute approximate surface area is 163 Å². The number of amides is 1. The molecule has 1 aliphatic carbocycles. The van der Waals surface area contributed by atoms with Crippen LogP contribution in [0.5, 0.6) is 5.75 Å². The molecule has 1 aliphatic rings. The molecule has 3 aromatic rings. The number of aryl methyl sites for hydroxylation is 1. The van der Waals surface area contributed by atoms with Gasteiger partial charge in [-0.15, -0.1) is 11.3 Å². The number of nitrogens with zero attached hydrogens (tertiary/aromatic N) is 2. The zero-order valence-corrected chi connectivity index (χ0v) is 16.1. The zero-order valence-electron chi connectivity index (χ0n) is 15.3. The van der Waals surface area contributed by atoms with Crippen LogP contribution >= 0.6 is 11.3 Å². The lowest BCUT2D eigenvalue weighted by atomic mass is 10.1. The number of hydrogen-bond acceptors (Lipinski definition) is 4. The smallest absolute Gasteiger partial charge is 0.254 e. The van der Waals surface area contributed by atoms with Crippen LogP contribution in [0.3, 0.4) is 0 Å². The molecule has 5 heteroatoms. The van der Waals surface area contributed by atoms with E-state index in [4.69, 9.17) is 4.74 Å². The Morgan fingerprint density at radius 3 is 2.59 bits per heavy atom. The van der Waals surface area contributed by atoms with Crippen LogP contribution in [0.25, 0.3) is 0 Å². The van der Waals surface area contributed by atoms with Crippen LogP contribution in [0.15, 0.2) is 60.0 Å². The van der Waals surface area contributed by atoms with Crippen LogP contribution in [-0.2, 0) is 13.2 Å². The lowest BCUT2D eigenvalue weighted by Gasteiger charge is -2.21. The topological polar surface area (TPSA) is 42.4 Å². The summed E-state index contributed by atoms with van der Waals surface area (Å²) in [5, 5.41) is 2.95. The molecule has 27 heavy (non-hydrogen) atoms. The molecular formula is C22H22N2O2S. The number of benzene rings is 2. The van der Waals surface area contributed by atoms with Gasteiger partial charge in [-0.05, 0) is 44.0 Å². The second kappa shape index (κ2) is 7.92. The summed E-state index contributed by atoms with van der Waals surface area (Å²) >= 11 is 1.58. The minimum Gasteiger partial charge on any atom is -0.486 e.